The largest absolute Gasteiger partial charge is 0.422 e. The SMILES string of the molecule is CC1(C)OC(=O)C(Cc2ccc(-n3cccn3)cc2)C(=O)O1. The first-order valence-corrected chi connectivity index (χ1v) is 6.99. The molecule has 3 rings (SSSR count). The average Bonchev–Trinajstić information content (AvgIpc) is 2.97. The molecule has 1 aliphatic heterocycles. The van der Waals surface area contributed by atoms with Gasteiger partial charge in [0.1, 0.15) is 0 Å². The Balaban J connectivity index is 1.73. The first-order valence-electron chi connectivity index (χ1n) is 6.99. The number of carbonyl (C=O) groups excluding carboxylic acids is 2. The number of rotatable bonds is 3. The van der Waals surface area contributed by atoms with Crippen molar-refractivity contribution < 1.29 is 19.1 Å². The molecule has 1 aromatic carbocycles. The molecule has 1 aromatic heterocycles. The highest BCUT2D eigenvalue weighted by Gasteiger charge is 2.42. The molecule has 1 aliphatic rings. The summed E-state index contributed by atoms with van der Waals surface area (Å²) in [6.07, 6.45) is 3.80. The van der Waals surface area contributed by atoms with Crippen molar-refractivity contribution in [1.29, 1.82) is 0 Å². The van der Waals surface area contributed by atoms with Gasteiger partial charge in [-0.15, -0.1) is 0 Å². The van der Waals surface area contributed by atoms with Crippen LogP contribution in [0.15, 0.2) is 42.7 Å². The lowest BCUT2D eigenvalue weighted by Crippen LogP contribution is -2.46. The molecule has 22 heavy (non-hydrogen) atoms. The van der Waals surface area contributed by atoms with Crippen molar-refractivity contribution in [3.05, 3.63) is 48.3 Å². The first kappa shape index (κ1) is 14.3. The van der Waals surface area contributed by atoms with Crippen molar-refractivity contribution in [1.82, 2.24) is 9.78 Å². The van der Waals surface area contributed by atoms with E-state index in [1.54, 1.807) is 10.9 Å². The van der Waals surface area contributed by atoms with E-state index in [1.165, 1.54) is 13.8 Å². The van der Waals surface area contributed by atoms with E-state index in [9.17, 15) is 9.59 Å². The number of benzene rings is 1. The summed E-state index contributed by atoms with van der Waals surface area (Å²) in [4.78, 5) is 23.9. The maximum atomic E-state index is 11.9. The molecule has 0 aliphatic carbocycles. The third kappa shape index (κ3) is 2.86. The Morgan fingerprint density at radius 3 is 2.32 bits per heavy atom. The third-order valence-corrected chi connectivity index (χ3v) is 3.41. The molecule has 2 aromatic rings. The molecule has 6 heteroatoms. The van der Waals surface area contributed by atoms with Crippen molar-refractivity contribution in [3.63, 3.8) is 0 Å². The van der Waals surface area contributed by atoms with Crippen LogP contribution < -0.4 is 0 Å². The Kier molecular flexibility index (Phi) is 3.44. The zero-order valence-corrected chi connectivity index (χ0v) is 12.4. The zero-order chi connectivity index (χ0) is 15.7. The number of cyclic esters (lactones) is 2. The van der Waals surface area contributed by atoms with Crippen molar-refractivity contribution in [2.75, 3.05) is 0 Å². The van der Waals surface area contributed by atoms with Gasteiger partial charge in [-0.3, -0.25) is 9.59 Å². The van der Waals surface area contributed by atoms with Gasteiger partial charge in [0.05, 0.1) is 5.69 Å². The van der Waals surface area contributed by atoms with Gasteiger partial charge in [0, 0.05) is 26.2 Å². The first-order chi connectivity index (χ1) is 10.4. The van der Waals surface area contributed by atoms with E-state index < -0.39 is 23.6 Å². The summed E-state index contributed by atoms with van der Waals surface area (Å²) >= 11 is 0. The Hall–Kier alpha value is -2.63. The van der Waals surface area contributed by atoms with Gasteiger partial charge in [0.25, 0.3) is 5.79 Å². The van der Waals surface area contributed by atoms with Crippen LogP contribution in [0.5, 0.6) is 0 Å². The highest BCUT2D eigenvalue weighted by atomic mass is 16.7. The van der Waals surface area contributed by atoms with E-state index in [2.05, 4.69) is 5.10 Å². The van der Waals surface area contributed by atoms with Crippen LogP contribution in [-0.4, -0.2) is 27.5 Å². The zero-order valence-electron chi connectivity index (χ0n) is 12.4. The van der Waals surface area contributed by atoms with Gasteiger partial charge in [-0.1, -0.05) is 12.1 Å². The summed E-state index contributed by atoms with van der Waals surface area (Å²) in [6.45, 7) is 3.08. The monoisotopic (exact) mass is 300 g/mol. The lowest BCUT2D eigenvalue weighted by molar-refractivity contribution is -0.239. The van der Waals surface area contributed by atoms with E-state index in [-0.39, 0.29) is 6.42 Å². The van der Waals surface area contributed by atoms with Gasteiger partial charge < -0.3 is 9.47 Å². The molecule has 2 heterocycles. The molecule has 1 fully saturated rings. The molecule has 0 saturated carbocycles. The van der Waals surface area contributed by atoms with Gasteiger partial charge in [-0.25, -0.2) is 4.68 Å². The molecular formula is C16H16N2O4. The highest BCUT2D eigenvalue weighted by Crippen LogP contribution is 2.25. The van der Waals surface area contributed by atoms with Gasteiger partial charge in [0.2, 0.25) is 0 Å². The third-order valence-electron chi connectivity index (χ3n) is 3.41. The summed E-state index contributed by atoms with van der Waals surface area (Å²) in [7, 11) is 0. The Morgan fingerprint density at radius 2 is 1.77 bits per heavy atom. The quantitative estimate of drug-likeness (QED) is 0.639. The second kappa shape index (κ2) is 5.29. The lowest BCUT2D eigenvalue weighted by Gasteiger charge is -2.32. The van der Waals surface area contributed by atoms with Crippen LogP contribution in [0.1, 0.15) is 19.4 Å². The highest BCUT2D eigenvalue weighted by molar-refractivity contribution is 5.96. The van der Waals surface area contributed by atoms with Crippen molar-refractivity contribution in [2.45, 2.75) is 26.1 Å². The standard InChI is InChI=1S/C16H16N2O4/c1-16(2)21-14(19)13(15(20)22-16)10-11-4-6-12(7-5-11)18-9-3-8-17-18/h3-9,13H,10H2,1-2H3. The molecule has 1 saturated heterocycles. The van der Waals surface area contributed by atoms with E-state index in [4.69, 9.17) is 9.47 Å². The number of aromatic nitrogens is 2. The normalized spacial score (nSPS) is 17.9. The van der Waals surface area contributed by atoms with E-state index in [1.807, 2.05) is 36.5 Å². The molecule has 0 atom stereocenters. The number of ether oxygens (including phenoxy) is 2. The van der Waals surface area contributed by atoms with E-state index in [0.717, 1.165) is 11.3 Å². The van der Waals surface area contributed by atoms with Gasteiger partial charge in [-0.2, -0.15) is 5.10 Å². The van der Waals surface area contributed by atoms with Crippen molar-refractivity contribution >= 4 is 11.9 Å². The summed E-state index contributed by atoms with van der Waals surface area (Å²) in [5.41, 5.74) is 1.76. The number of esters is 2. The van der Waals surface area contributed by atoms with Crippen LogP contribution in [0.25, 0.3) is 5.69 Å². The number of hydrogen-bond donors (Lipinski definition) is 0. The average molecular weight is 300 g/mol. The molecule has 0 N–H and O–H groups in total. The van der Waals surface area contributed by atoms with Crippen LogP contribution in [0.3, 0.4) is 0 Å². The van der Waals surface area contributed by atoms with E-state index in [0.29, 0.717) is 0 Å². The van der Waals surface area contributed by atoms with Crippen LogP contribution >= 0.6 is 0 Å². The maximum absolute atomic E-state index is 11.9. The van der Waals surface area contributed by atoms with Crippen LogP contribution in [-0.2, 0) is 25.5 Å². The topological polar surface area (TPSA) is 70.4 Å². The minimum absolute atomic E-state index is 0.257. The Labute approximate surface area is 127 Å². The molecule has 114 valence electrons. The van der Waals surface area contributed by atoms with Gasteiger partial charge >= 0.3 is 11.9 Å². The fourth-order valence-corrected chi connectivity index (χ4v) is 2.35. The smallest absolute Gasteiger partial charge is 0.323 e. The number of hydrogen-bond acceptors (Lipinski definition) is 5. The van der Waals surface area contributed by atoms with Crippen LogP contribution in [0, 0.1) is 5.92 Å². The molecule has 0 unspecified atom stereocenters. The maximum Gasteiger partial charge on any atom is 0.323 e. The minimum Gasteiger partial charge on any atom is -0.422 e. The summed E-state index contributed by atoms with van der Waals surface area (Å²) in [5.74, 6) is -3.19. The fourth-order valence-electron chi connectivity index (χ4n) is 2.35. The minimum atomic E-state index is -1.19. The second-order valence-electron chi connectivity index (χ2n) is 5.62. The predicted octanol–water partition coefficient (Wildman–Crippen LogP) is 1.87. The number of nitrogens with zero attached hydrogens (tertiary/aromatic N) is 2. The summed E-state index contributed by atoms with van der Waals surface area (Å²) in [6, 6.07) is 9.32. The summed E-state index contributed by atoms with van der Waals surface area (Å²) in [5, 5.41) is 4.14. The van der Waals surface area contributed by atoms with Crippen LogP contribution in [0.2, 0.25) is 0 Å². The predicted molar refractivity (Wildman–Crippen MR) is 77.0 cm³/mol. The molecule has 0 amide bonds. The Morgan fingerprint density at radius 1 is 1.14 bits per heavy atom. The molecule has 0 bridgehead atoms. The second-order valence-corrected chi connectivity index (χ2v) is 5.62. The molecule has 0 radical (unpaired) electrons. The number of carbonyl (C=O) groups is 2. The van der Waals surface area contributed by atoms with E-state index >= 15 is 0 Å². The molecule has 6 nitrogen and oxygen atoms in total. The molecule has 0 spiro atoms. The lowest BCUT2D eigenvalue weighted by atomic mass is 9.98. The molecular weight excluding hydrogens is 284 g/mol. The van der Waals surface area contributed by atoms with Crippen molar-refractivity contribution in [2.24, 2.45) is 5.92 Å². The van der Waals surface area contributed by atoms with Crippen LogP contribution in [0.4, 0.5) is 0 Å². The fraction of sp³-hybridized carbons (Fsp3) is 0.312. The van der Waals surface area contributed by atoms with Gasteiger partial charge in [-0.05, 0) is 30.2 Å². The summed E-state index contributed by atoms with van der Waals surface area (Å²) < 4.78 is 12.0. The van der Waals surface area contributed by atoms with Gasteiger partial charge in [0.15, 0.2) is 5.92 Å². The Bertz CT molecular complexity index is 669. The van der Waals surface area contributed by atoms with Crippen molar-refractivity contribution in [3.8, 4) is 5.69 Å².